The summed E-state index contributed by atoms with van der Waals surface area (Å²) in [5.41, 5.74) is -0.735. The van der Waals surface area contributed by atoms with Crippen molar-refractivity contribution >= 4 is 18.2 Å². The summed E-state index contributed by atoms with van der Waals surface area (Å²) in [7, 11) is 0. The van der Waals surface area contributed by atoms with Gasteiger partial charge in [-0.2, -0.15) is 0 Å². The third-order valence-corrected chi connectivity index (χ3v) is 4.06. The molecule has 0 aliphatic carbocycles. The summed E-state index contributed by atoms with van der Waals surface area (Å²) in [6.45, 7) is 0.208. The topological polar surface area (TPSA) is 134 Å². The highest BCUT2D eigenvalue weighted by Crippen LogP contribution is 2.38. The predicted octanol–water partition coefficient (Wildman–Crippen LogP) is -0.342. The highest BCUT2D eigenvalue weighted by Gasteiger charge is 2.57. The van der Waals surface area contributed by atoms with Crippen molar-refractivity contribution in [3.8, 4) is 0 Å². The van der Waals surface area contributed by atoms with Crippen LogP contribution in [0.15, 0.2) is 11.0 Å². The average Bonchev–Trinajstić information content (AvgIpc) is 2.78. The van der Waals surface area contributed by atoms with Crippen LogP contribution in [0.4, 0.5) is 4.39 Å². The molecule has 1 aliphatic heterocycles. The largest absolute Gasteiger partial charge is 0.459 e. The second-order valence-corrected chi connectivity index (χ2v) is 6.01. The van der Waals surface area contributed by atoms with Gasteiger partial charge in [-0.15, -0.1) is 0 Å². The van der Waals surface area contributed by atoms with E-state index in [1.165, 1.54) is 0 Å². The number of nitrogens with one attached hydrogen (secondary N) is 1. The Hall–Kier alpha value is -1.66. The monoisotopic (exact) mass is 378 g/mol. The molecule has 1 aliphatic rings. The molecule has 0 radical (unpaired) electrons. The molecule has 0 unspecified atom stereocenters. The number of carbonyl (C=O) groups excluding carboxylic acids is 1. The Labute approximate surface area is 146 Å². The number of hydrogen-bond donors (Lipinski definition) is 4. The van der Waals surface area contributed by atoms with Crippen LogP contribution in [0.5, 0.6) is 0 Å². The summed E-state index contributed by atoms with van der Waals surface area (Å²) in [4.78, 5) is 25.2. The predicted molar refractivity (Wildman–Crippen MR) is 83.7 cm³/mol. The van der Waals surface area contributed by atoms with E-state index >= 15 is 0 Å². The maximum Gasteiger partial charge on any atom is 0.305 e. The summed E-state index contributed by atoms with van der Waals surface area (Å²) >= 11 is 4.94. The van der Waals surface area contributed by atoms with Gasteiger partial charge in [-0.3, -0.25) is 19.1 Å². The number of alkyl halides is 1. The highest BCUT2D eigenvalue weighted by atomic mass is 32.1. The van der Waals surface area contributed by atoms with Gasteiger partial charge < -0.3 is 24.8 Å². The summed E-state index contributed by atoms with van der Waals surface area (Å²) in [5, 5.41) is 29.2. The molecule has 0 spiro atoms. The lowest BCUT2D eigenvalue weighted by molar-refractivity contribution is -0.216. The SMILES string of the molecule is CCCC(=O)OC[C@@]1(F)O[C@@H](n2cc(CO)c(=O)[nH]c2=S)[C@H](O)[C@@H]1O. The van der Waals surface area contributed by atoms with Gasteiger partial charge >= 0.3 is 5.97 Å². The van der Waals surface area contributed by atoms with Crippen molar-refractivity contribution in [2.75, 3.05) is 6.61 Å². The fourth-order valence-corrected chi connectivity index (χ4v) is 2.63. The van der Waals surface area contributed by atoms with E-state index < -0.39 is 49.0 Å². The smallest absolute Gasteiger partial charge is 0.305 e. The highest BCUT2D eigenvalue weighted by molar-refractivity contribution is 7.71. The molecular formula is C14H19FN2O7S. The Bertz CT molecular complexity index is 751. The van der Waals surface area contributed by atoms with Gasteiger partial charge in [0.15, 0.2) is 17.6 Å². The van der Waals surface area contributed by atoms with Gasteiger partial charge in [0, 0.05) is 12.6 Å². The van der Waals surface area contributed by atoms with E-state index in [4.69, 9.17) is 26.8 Å². The molecular weight excluding hydrogens is 359 g/mol. The number of carbonyl (C=O) groups is 1. The van der Waals surface area contributed by atoms with Crippen LogP contribution in [0.1, 0.15) is 31.6 Å². The molecule has 4 atom stereocenters. The molecule has 4 N–H and O–H groups in total. The van der Waals surface area contributed by atoms with Crippen LogP contribution in [0, 0.1) is 4.77 Å². The Morgan fingerprint density at radius 2 is 2.24 bits per heavy atom. The summed E-state index contributed by atoms with van der Waals surface area (Å²) in [5.74, 6) is -3.52. The number of H-pyrrole nitrogens is 1. The van der Waals surface area contributed by atoms with Crippen molar-refractivity contribution in [2.24, 2.45) is 0 Å². The van der Waals surface area contributed by atoms with Crippen LogP contribution in [-0.2, 0) is 20.9 Å². The van der Waals surface area contributed by atoms with E-state index in [9.17, 15) is 24.2 Å². The quantitative estimate of drug-likeness (QED) is 0.390. The molecule has 0 bridgehead atoms. The number of esters is 1. The minimum Gasteiger partial charge on any atom is -0.459 e. The Kier molecular flexibility index (Phi) is 6.06. The number of nitrogens with zero attached hydrogens (tertiary/aromatic N) is 1. The van der Waals surface area contributed by atoms with Gasteiger partial charge in [-0.05, 0) is 18.6 Å². The van der Waals surface area contributed by atoms with Crippen LogP contribution in [0.25, 0.3) is 0 Å². The maximum atomic E-state index is 14.8. The second kappa shape index (κ2) is 7.70. The number of hydrogen-bond acceptors (Lipinski definition) is 8. The fourth-order valence-electron chi connectivity index (χ4n) is 2.38. The normalized spacial score (nSPS) is 28.9. The van der Waals surface area contributed by atoms with Crippen molar-refractivity contribution in [1.82, 2.24) is 9.55 Å². The van der Waals surface area contributed by atoms with Crippen LogP contribution in [0.2, 0.25) is 0 Å². The zero-order chi connectivity index (χ0) is 18.8. The number of aliphatic hydroxyl groups excluding tert-OH is 3. The fraction of sp³-hybridized carbons (Fsp3) is 0.643. The Morgan fingerprint density at radius 1 is 1.56 bits per heavy atom. The molecule has 0 aromatic carbocycles. The number of aromatic nitrogens is 2. The number of rotatable bonds is 6. The molecule has 2 rings (SSSR count). The van der Waals surface area contributed by atoms with Gasteiger partial charge in [0.1, 0.15) is 12.2 Å². The van der Waals surface area contributed by atoms with Crippen molar-refractivity contribution in [3.05, 3.63) is 26.9 Å². The molecule has 2 heterocycles. The first-order valence-electron chi connectivity index (χ1n) is 7.57. The zero-order valence-electron chi connectivity index (χ0n) is 13.3. The first kappa shape index (κ1) is 19.7. The Morgan fingerprint density at radius 3 is 2.84 bits per heavy atom. The number of aliphatic hydroxyl groups is 3. The first-order chi connectivity index (χ1) is 11.7. The van der Waals surface area contributed by atoms with E-state index in [1.807, 2.05) is 0 Å². The minimum absolute atomic E-state index is 0.0724. The lowest BCUT2D eigenvalue weighted by Crippen LogP contribution is -2.43. The Balaban J connectivity index is 2.26. The van der Waals surface area contributed by atoms with Crippen molar-refractivity contribution in [1.29, 1.82) is 0 Å². The molecule has 9 nitrogen and oxygen atoms in total. The van der Waals surface area contributed by atoms with Crippen molar-refractivity contribution in [2.45, 2.75) is 50.7 Å². The minimum atomic E-state index is -2.85. The maximum absolute atomic E-state index is 14.8. The van der Waals surface area contributed by atoms with Gasteiger partial charge in [-0.25, -0.2) is 4.39 Å². The molecule has 11 heteroatoms. The van der Waals surface area contributed by atoms with Gasteiger partial charge in [-0.1, -0.05) is 6.92 Å². The van der Waals surface area contributed by atoms with E-state index in [0.29, 0.717) is 6.42 Å². The van der Waals surface area contributed by atoms with E-state index in [-0.39, 0.29) is 16.8 Å². The van der Waals surface area contributed by atoms with E-state index in [0.717, 1.165) is 10.8 Å². The molecule has 25 heavy (non-hydrogen) atoms. The van der Waals surface area contributed by atoms with Gasteiger partial charge in [0.25, 0.3) is 11.4 Å². The van der Waals surface area contributed by atoms with Gasteiger partial charge in [0.2, 0.25) is 0 Å². The summed E-state index contributed by atoms with van der Waals surface area (Å²) in [6.07, 6.45) is -3.58. The lowest BCUT2D eigenvalue weighted by Gasteiger charge is -2.22. The zero-order valence-corrected chi connectivity index (χ0v) is 14.2. The van der Waals surface area contributed by atoms with E-state index in [1.54, 1.807) is 6.92 Å². The molecule has 1 fully saturated rings. The van der Waals surface area contributed by atoms with E-state index in [2.05, 4.69) is 4.98 Å². The number of ether oxygens (including phenoxy) is 2. The standard InChI is InChI=1S/C14H19FN2O7S/c1-2-3-8(19)23-6-14(15)10(21)9(20)12(24-14)17-4-7(5-18)11(22)16-13(17)25/h4,9-10,12,18,20-21H,2-3,5-6H2,1H3,(H,16,22,25)/t9-,10+,12-,14-/m1/s1. The number of halogens is 1. The van der Waals surface area contributed by atoms with Crippen LogP contribution in [-0.4, -0.2) is 55.5 Å². The van der Waals surface area contributed by atoms with Crippen molar-refractivity contribution in [3.63, 3.8) is 0 Å². The molecule has 1 aromatic rings. The first-order valence-corrected chi connectivity index (χ1v) is 7.98. The summed E-state index contributed by atoms with van der Waals surface area (Å²) in [6, 6.07) is 0. The second-order valence-electron chi connectivity index (χ2n) is 5.62. The molecule has 0 saturated carbocycles. The van der Waals surface area contributed by atoms with Crippen LogP contribution < -0.4 is 5.56 Å². The number of aromatic amines is 1. The van der Waals surface area contributed by atoms with Crippen molar-refractivity contribution < 1.29 is 34.0 Å². The van der Waals surface area contributed by atoms with Crippen LogP contribution >= 0.6 is 12.2 Å². The third kappa shape index (κ3) is 3.96. The molecule has 1 aromatic heterocycles. The average molecular weight is 378 g/mol. The molecule has 140 valence electrons. The third-order valence-electron chi connectivity index (χ3n) is 3.74. The molecule has 0 amide bonds. The molecule has 1 saturated heterocycles. The van der Waals surface area contributed by atoms with Gasteiger partial charge in [0.05, 0.1) is 12.2 Å². The lowest BCUT2D eigenvalue weighted by atomic mass is 10.1. The summed E-state index contributed by atoms with van der Waals surface area (Å²) < 4.78 is 25.4. The van der Waals surface area contributed by atoms with Crippen LogP contribution in [0.3, 0.4) is 0 Å².